The molecule has 1 saturated heterocycles. The SMILES string of the molecule is CCCCN1C(=O)C(=O)/C(=C(\O)c2ccc(OC)c(C)c2)C1c1ccc(OC)cc1. The van der Waals surface area contributed by atoms with Crippen LogP contribution < -0.4 is 9.47 Å². The van der Waals surface area contributed by atoms with Crippen LogP contribution in [0.4, 0.5) is 0 Å². The Hall–Kier alpha value is -3.28. The maximum atomic E-state index is 13.0. The zero-order valence-corrected chi connectivity index (χ0v) is 17.8. The highest BCUT2D eigenvalue weighted by atomic mass is 16.5. The molecule has 0 radical (unpaired) electrons. The summed E-state index contributed by atoms with van der Waals surface area (Å²) < 4.78 is 10.5. The summed E-state index contributed by atoms with van der Waals surface area (Å²) >= 11 is 0. The number of nitrogens with zero attached hydrogens (tertiary/aromatic N) is 1. The van der Waals surface area contributed by atoms with Crippen molar-refractivity contribution in [3.05, 3.63) is 64.7 Å². The van der Waals surface area contributed by atoms with Gasteiger partial charge in [0.05, 0.1) is 25.8 Å². The zero-order valence-electron chi connectivity index (χ0n) is 17.8. The number of hydrogen-bond donors (Lipinski definition) is 1. The molecule has 1 N–H and O–H groups in total. The number of amides is 1. The van der Waals surface area contributed by atoms with Gasteiger partial charge in [0, 0.05) is 12.1 Å². The first-order valence-corrected chi connectivity index (χ1v) is 10.00. The maximum absolute atomic E-state index is 13.0. The van der Waals surface area contributed by atoms with E-state index in [9.17, 15) is 14.7 Å². The molecule has 1 aliphatic heterocycles. The van der Waals surface area contributed by atoms with Crippen molar-refractivity contribution in [1.82, 2.24) is 4.90 Å². The number of rotatable bonds is 7. The van der Waals surface area contributed by atoms with Gasteiger partial charge in [-0.05, 0) is 54.8 Å². The predicted octanol–water partition coefficient (Wildman–Crippen LogP) is 4.23. The van der Waals surface area contributed by atoms with Crippen molar-refractivity contribution < 1.29 is 24.2 Å². The Labute approximate surface area is 176 Å². The number of aryl methyl sites for hydroxylation is 1. The second kappa shape index (κ2) is 9.03. The first-order chi connectivity index (χ1) is 14.4. The van der Waals surface area contributed by atoms with E-state index in [4.69, 9.17) is 9.47 Å². The van der Waals surface area contributed by atoms with Gasteiger partial charge in [-0.3, -0.25) is 9.59 Å². The van der Waals surface area contributed by atoms with E-state index in [1.165, 1.54) is 0 Å². The van der Waals surface area contributed by atoms with E-state index in [0.29, 0.717) is 23.6 Å². The molecule has 2 aromatic carbocycles. The van der Waals surface area contributed by atoms with Crippen molar-refractivity contribution >= 4 is 17.4 Å². The van der Waals surface area contributed by atoms with E-state index in [2.05, 4.69) is 0 Å². The fourth-order valence-electron chi connectivity index (χ4n) is 3.75. The molecule has 30 heavy (non-hydrogen) atoms. The second-order valence-electron chi connectivity index (χ2n) is 7.30. The second-order valence-corrected chi connectivity index (χ2v) is 7.30. The largest absolute Gasteiger partial charge is 0.507 e. The fourth-order valence-corrected chi connectivity index (χ4v) is 3.75. The third kappa shape index (κ3) is 3.90. The third-order valence-electron chi connectivity index (χ3n) is 5.39. The van der Waals surface area contributed by atoms with Crippen LogP contribution in [0.5, 0.6) is 11.5 Å². The van der Waals surface area contributed by atoms with Gasteiger partial charge in [-0.2, -0.15) is 0 Å². The van der Waals surface area contributed by atoms with Crippen LogP contribution >= 0.6 is 0 Å². The zero-order chi connectivity index (χ0) is 21.8. The van der Waals surface area contributed by atoms with Crippen LogP contribution in [-0.2, 0) is 9.59 Å². The third-order valence-corrected chi connectivity index (χ3v) is 5.39. The number of carbonyl (C=O) groups excluding carboxylic acids is 2. The number of Topliss-reactive ketones (excluding diaryl/α,β-unsaturated/α-hetero) is 1. The summed E-state index contributed by atoms with van der Waals surface area (Å²) in [6, 6.07) is 11.7. The number of likely N-dealkylation sites (tertiary alicyclic amines) is 1. The van der Waals surface area contributed by atoms with Crippen molar-refractivity contribution in [2.45, 2.75) is 32.7 Å². The normalized spacial score (nSPS) is 18.0. The molecule has 1 amide bonds. The number of methoxy groups -OCH3 is 2. The summed E-state index contributed by atoms with van der Waals surface area (Å²) in [5.41, 5.74) is 2.15. The van der Waals surface area contributed by atoms with Gasteiger partial charge in [-0.1, -0.05) is 25.5 Å². The van der Waals surface area contributed by atoms with Crippen LogP contribution in [0.25, 0.3) is 5.76 Å². The van der Waals surface area contributed by atoms with Gasteiger partial charge in [-0.15, -0.1) is 0 Å². The van der Waals surface area contributed by atoms with Gasteiger partial charge < -0.3 is 19.5 Å². The Bertz CT molecular complexity index is 978. The molecule has 1 atom stereocenters. The monoisotopic (exact) mass is 409 g/mol. The first-order valence-electron chi connectivity index (χ1n) is 10.00. The lowest BCUT2D eigenvalue weighted by Gasteiger charge is -2.25. The Balaban J connectivity index is 2.14. The molecule has 6 heteroatoms. The topological polar surface area (TPSA) is 76.1 Å². The summed E-state index contributed by atoms with van der Waals surface area (Å²) in [4.78, 5) is 27.3. The Morgan fingerprint density at radius 1 is 1.07 bits per heavy atom. The van der Waals surface area contributed by atoms with Crippen LogP contribution in [0.1, 0.15) is 42.5 Å². The average Bonchev–Trinajstić information content (AvgIpc) is 3.01. The molecule has 0 bridgehead atoms. The number of ketones is 1. The van der Waals surface area contributed by atoms with Crippen LogP contribution in [0.15, 0.2) is 48.0 Å². The van der Waals surface area contributed by atoms with Gasteiger partial charge in [0.15, 0.2) is 0 Å². The summed E-state index contributed by atoms with van der Waals surface area (Å²) in [7, 11) is 3.15. The van der Waals surface area contributed by atoms with Gasteiger partial charge in [0.1, 0.15) is 17.3 Å². The quantitative estimate of drug-likeness (QED) is 0.421. The molecule has 158 valence electrons. The summed E-state index contributed by atoms with van der Waals surface area (Å²) in [5, 5.41) is 11.1. The number of carbonyl (C=O) groups is 2. The highest BCUT2D eigenvalue weighted by molar-refractivity contribution is 6.46. The number of hydrogen-bond acceptors (Lipinski definition) is 5. The molecular weight excluding hydrogens is 382 g/mol. The fraction of sp³-hybridized carbons (Fsp3) is 0.333. The lowest BCUT2D eigenvalue weighted by atomic mass is 9.94. The predicted molar refractivity (Wildman–Crippen MR) is 115 cm³/mol. The molecule has 1 unspecified atom stereocenters. The summed E-state index contributed by atoms with van der Waals surface area (Å²) in [6.07, 6.45) is 1.65. The van der Waals surface area contributed by atoms with Gasteiger partial charge in [0.2, 0.25) is 0 Å². The first kappa shape index (κ1) is 21.4. The van der Waals surface area contributed by atoms with E-state index >= 15 is 0 Å². The minimum atomic E-state index is -0.669. The van der Waals surface area contributed by atoms with Crippen molar-refractivity contribution in [3.63, 3.8) is 0 Å². The molecular formula is C24H27NO5. The van der Waals surface area contributed by atoms with Crippen molar-refractivity contribution in [2.75, 3.05) is 20.8 Å². The van der Waals surface area contributed by atoms with E-state index < -0.39 is 17.7 Å². The van der Waals surface area contributed by atoms with Crippen LogP contribution in [-0.4, -0.2) is 42.5 Å². The van der Waals surface area contributed by atoms with Crippen molar-refractivity contribution in [2.24, 2.45) is 0 Å². The highest BCUT2D eigenvalue weighted by Gasteiger charge is 2.45. The highest BCUT2D eigenvalue weighted by Crippen LogP contribution is 2.40. The maximum Gasteiger partial charge on any atom is 0.295 e. The molecule has 0 spiro atoms. The van der Waals surface area contributed by atoms with Crippen LogP contribution in [0.3, 0.4) is 0 Å². The van der Waals surface area contributed by atoms with E-state index in [1.54, 1.807) is 49.5 Å². The van der Waals surface area contributed by atoms with Gasteiger partial charge in [-0.25, -0.2) is 0 Å². The summed E-state index contributed by atoms with van der Waals surface area (Å²) in [6.45, 7) is 4.33. The smallest absolute Gasteiger partial charge is 0.295 e. The van der Waals surface area contributed by atoms with E-state index in [0.717, 1.165) is 24.0 Å². The molecule has 0 saturated carbocycles. The molecule has 1 heterocycles. The van der Waals surface area contributed by atoms with E-state index in [-0.39, 0.29) is 11.3 Å². The number of unbranched alkanes of at least 4 members (excludes halogenated alkanes) is 1. The lowest BCUT2D eigenvalue weighted by Crippen LogP contribution is -2.30. The number of benzene rings is 2. The van der Waals surface area contributed by atoms with Gasteiger partial charge >= 0.3 is 0 Å². The molecule has 0 aliphatic carbocycles. The molecule has 6 nitrogen and oxygen atoms in total. The Morgan fingerprint density at radius 3 is 2.33 bits per heavy atom. The Kier molecular flexibility index (Phi) is 6.45. The lowest BCUT2D eigenvalue weighted by molar-refractivity contribution is -0.139. The summed E-state index contributed by atoms with van der Waals surface area (Å²) in [5.74, 6) is -0.0791. The Morgan fingerprint density at radius 2 is 1.77 bits per heavy atom. The molecule has 3 rings (SSSR count). The minimum Gasteiger partial charge on any atom is -0.507 e. The number of aliphatic hydroxyl groups is 1. The minimum absolute atomic E-state index is 0.103. The van der Waals surface area contributed by atoms with Crippen LogP contribution in [0, 0.1) is 6.92 Å². The standard InChI is InChI=1S/C24H27NO5/c1-5-6-13-25-21(16-7-10-18(29-3)11-8-16)20(23(27)24(25)28)22(26)17-9-12-19(30-4)15(2)14-17/h7-12,14,21,26H,5-6,13H2,1-4H3/b22-20-. The number of aliphatic hydroxyl groups excluding tert-OH is 1. The molecule has 0 aromatic heterocycles. The molecule has 1 fully saturated rings. The number of ether oxygens (including phenoxy) is 2. The van der Waals surface area contributed by atoms with Crippen molar-refractivity contribution in [3.8, 4) is 11.5 Å². The van der Waals surface area contributed by atoms with Crippen LogP contribution in [0.2, 0.25) is 0 Å². The average molecular weight is 409 g/mol. The molecule has 2 aromatic rings. The van der Waals surface area contributed by atoms with E-state index in [1.807, 2.05) is 26.0 Å². The van der Waals surface area contributed by atoms with Gasteiger partial charge in [0.25, 0.3) is 11.7 Å². The molecule has 1 aliphatic rings. The van der Waals surface area contributed by atoms with Crippen molar-refractivity contribution in [1.29, 1.82) is 0 Å².